The van der Waals surface area contributed by atoms with Gasteiger partial charge in [-0.15, -0.1) is 0 Å². The van der Waals surface area contributed by atoms with Crippen molar-refractivity contribution in [1.82, 2.24) is 9.97 Å². The van der Waals surface area contributed by atoms with Crippen LogP contribution in [0.5, 0.6) is 0 Å². The summed E-state index contributed by atoms with van der Waals surface area (Å²) in [6.07, 6.45) is 2.50. The molecule has 0 spiro atoms. The van der Waals surface area contributed by atoms with Gasteiger partial charge in [-0.1, -0.05) is 29.8 Å². The Labute approximate surface area is 126 Å². The van der Waals surface area contributed by atoms with E-state index in [-0.39, 0.29) is 0 Å². The van der Waals surface area contributed by atoms with Gasteiger partial charge in [0.2, 0.25) is 5.95 Å². The summed E-state index contributed by atoms with van der Waals surface area (Å²) >= 11 is 0. The summed E-state index contributed by atoms with van der Waals surface area (Å²) in [6, 6.07) is 10.7. The molecule has 1 aliphatic carbocycles. The molecule has 4 heteroatoms. The van der Waals surface area contributed by atoms with E-state index in [1.54, 1.807) is 0 Å². The Morgan fingerprint density at radius 2 is 1.86 bits per heavy atom. The van der Waals surface area contributed by atoms with Crippen molar-refractivity contribution in [2.24, 2.45) is 0 Å². The van der Waals surface area contributed by atoms with Crippen molar-refractivity contribution in [3.05, 3.63) is 47.2 Å². The van der Waals surface area contributed by atoms with Crippen LogP contribution in [0.2, 0.25) is 0 Å². The van der Waals surface area contributed by atoms with E-state index >= 15 is 0 Å². The summed E-state index contributed by atoms with van der Waals surface area (Å²) < 4.78 is 0. The van der Waals surface area contributed by atoms with Crippen LogP contribution in [0.3, 0.4) is 0 Å². The predicted molar refractivity (Wildman–Crippen MR) is 86.7 cm³/mol. The topological polar surface area (TPSA) is 49.8 Å². The molecule has 1 aliphatic rings. The first kappa shape index (κ1) is 13.9. The number of hydrogen-bond acceptors (Lipinski definition) is 4. The van der Waals surface area contributed by atoms with Crippen LogP contribution in [-0.2, 0) is 6.54 Å². The van der Waals surface area contributed by atoms with Crippen molar-refractivity contribution in [3.8, 4) is 0 Å². The Morgan fingerprint density at radius 1 is 1.10 bits per heavy atom. The van der Waals surface area contributed by atoms with Crippen molar-refractivity contribution in [1.29, 1.82) is 0 Å². The normalized spacial score (nSPS) is 14.0. The highest BCUT2D eigenvalue weighted by atomic mass is 15.1. The molecule has 0 aliphatic heterocycles. The quantitative estimate of drug-likeness (QED) is 0.848. The summed E-state index contributed by atoms with van der Waals surface area (Å²) in [7, 11) is 0. The lowest BCUT2D eigenvalue weighted by atomic mass is 10.1. The molecular weight excluding hydrogens is 260 g/mol. The smallest absolute Gasteiger partial charge is 0.224 e. The summed E-state index contributed by atoms with van der Waals surface area (Å²) in [5.74, 6) is 2.27. The van der Waals surface area contributed by atoms with Gasteiger partial charge in [0.25, 0.3) is 0 Å². The second kappa shape index (κ2) is 6.12. The molecule has 2 aromatic rings. The molecule has 1 aromatic heterocycles. The van der Waals surface area contributed by atoms with E-state index in [0.29, 0.717) is 5.92 Å². The van der Waals surface area contributed by atoms with Crippen LogP contribution >= 0.6 is 0 Å². The molecule has 1 aromatic carbocycles. The predicted octanol–water partition coefficient (Wildman–Crippen LogP) is 3.71. The molecule has 0 bridgehead atoms. The molecule has 1 saturated carbocycles. The van der Waals surface area contributed by atoms with Gasteiger partial charge in [0, 0.05) is 25.1 Å². The standard InChI is InChI=1S/C17H22N4/c1-3-18-17-20-15(14-8-9-14)10-16(21-17)19-11-13-6-4-12(2)5-7-13/h4-7,10,14H,3,8-9,11H2,1-2H3,(H2,18,19,20,21). The number of benzene rings is 1. The lowest BCUT2D eigenvalue weighted by molar-refractivity contribution is 0.967. The van der Waals surface area contributed by atoms with Crippen LogP contribution < -0.4 is 10.6 Å². The van der Waals surface area contributed by atoms with Crippen molar-refractivity contribution in [2.75, 3.05) is 17.2 Å². The maximum absolute atomic E-state index is 4.59. The molecule has 0 radical (unpaired) electrons. The number of hydrogen-bond donors (Lipinski definition) is 2. The van der Waals surface area contributed by atoms with Gasteiger partial charge in [-0.3, -0.25) is 0 Å². The Bertz CT molecular complexity index is 603. The van der Waals surface area contributed by atoms with Gasteiger partial charge >= 0.3 is 0 Å². The summed E-state index contributed by atoms with van der Waals surface area (Å²) in [5, 5.41) is 6.63. The van der Waals surface area contributed by atoms with E-state index in [1.807, 2.05) is 0 Å². The second-order valence-electron chi connectivity index (χ2n) is 5.65. The van der Waals surface area contributed by atoms with Gasteiger partial charge in [-0.2, -0.15) is 4.98 Å². The molecule has 21 heavy (non-hydrogen) atoms. The van der Waals surface area contributed by atoms with E-state index < -0.39 is 0 Å². The van der Waals surface area contributed by atoms with Gasteiger partial charge in [0.15, 0.2) is 0 Å². The Balaban J connectivity index is 1.72. The minimum Gasteiger partial charge on any atom is -0.366 e. The van der Waals surface area contributed by atoms with Crippen LogP contribution in [0.1, 0.15) is 42.5 Å². The van der Waals surface area contributed by atoms with Crippen molar-refractivity contribution in [2.45, 2.75) is 39.2 Å². The Hall–Kier alpha value is -2.10. The van der Waals surface area contributed by atoms with Crippen LogP contribution in [0, 0.1) is 6.92 Å². The summed E-state index contributed by atoms with van der Waals surface area (Å²) in [6.45, 7) is 5.79. The Kier molecular flexibility index (Phi) is 4.04. The minimum absolute atomic E-state index is 0.630. The number of nitrogens with one attached hydrogen (secondary N) is 2. The lowest BCUT2D eigenvalue weighted by Crippen LogP contribution is -2.08. The lowest BCUT2D eigenvalue weighted by Gasteiger charge is -2.10. The molecule has 3 rings (SSSR count). The highest BCUT2D eigenvalue weighted by Crippen LogP contribution is 2.39. The largest absolute Gasteiger partial charge is 0.366 e. The zero-order valence-electron chi connectivity index (χ0n) is 12.7. The molecule has 0 unspecified atom stereocenters. The maximum atomic E-state index is 4.59. The van der Waals surface area contributed by atoms with Crippen molar-refractivity contribution < 1.29 is 0 Å². The van der Waals surface area contributed by atoms with Crippen molar-refractivity contribution in [3.63, 3.8) is 0 Å². The monoisotopic (exact) mass is 282 g/mol. The average Bonchev–Trinajstić information content (AvgIpc) is 3.31. The van der Waals surface area contributed by atoms with Gasteiger partial charge < -0.3 is 10.6 Å². The van der Waals surface area contributed by atoms with E-state index in [1.165, 1.54) is 24.0 Å². The van der Waals surface area contributed by atoms with Crippen LogP contribution in [0.25, 0.3) is 0 Å². The SMILES string of the molecule is CCNc1nc(NCc2ccc(C)cc2)cc(C2CC2)n1. The van der Waals surface area contributed by atoms with Gasteiger partial charge in [0.1, 0.15) is 5.82 Å². The summed E-state index contributed by atoms with van der Waals surface area (Å²) in [4.78, 5) is 9.12. The van der Waals surface area contributed by atoms with Gasteiger partial charge in [-0.05, 0) is 32.3 Å². The highest BCUT2D eigenvalue weighted by Gasteiger charge is 2.26. The van der Waals surface area contributed by atoms with Crippen LogP contribution in [0.4, 0.5) is 11.8 Å². The molecule has 1 heterocycles. The third-order valence-electron chi connectivity index (χ3n) is 3.67. The number of aryl methyl sites for hydroxylation is 1. The van der Waals surface area contributed by atoms with Crippen LogP contribution in [0.15, 0.2) is 30.3 Å². The first-order valence-electron chi connectivity index (χ1n) is 7.67. The van der Waals surface area contributed by atoms with E-state index in [0.717, 1.165) is 30.5 Å². The molecule has 0 amide bonds. The second-order valence-corrected chi connectivity index (χ2v) is 5.65. The third-order valence-corrected chi connectivity index (χ3v) is 3.67. The van der Waals surface area contributed by atoms with E-state index in [2.05, 4.69) is 64.8 Å². The fraction of sp³-hybridized carbons (Fsp3) is 0.412. The molecule has 1 fully saturated rings. The number of rotatable bonds is 6. The number of aromatic nitrogens is 2. The molecule has 0 atom stereocenters. The van der Waals surface area contributed by atoms with Gasteiger partial charge in [-0.25, -0.2) is 4.98 Å². The van der Waals surface area contributed by atoms with Crippen molar-refractivity contribution >= 4 is 11.8 Å². The van der Waals surface area contributed by atoms with E-state index in [4.69, 9.17) is 0 Å². The highest BCUT2D eigenvalue weighted by molar-refractivity contribution is 5.44. The number of anilines is 2. The summed E-state index contributed by atoms with van der Waals surface area (Å²) in [5.41, 5.74) is 3.70. The maximum Gasteiger partial charge on any atom is 0.224 e. The molecule has 4 nitrogen and oxygen atoms in total. The van der Waals surface area contributed by atoms with E-state index in [9.17, 15) is 0 Å². The fourth-order valence-electron chi connectivity index (χ4n) is 2.28. The van der Waals surface area contributed by atoms with Crippen LogP contribution in [-0.4, -0.2) is 16.5 Å². The third kappa shape index (κ3) is 3.72. The molecule has 0 saturated heterocycles. The fourth-order valence-corrected chi connectivity index (χ4v) is 2.28. The van der Waals surface area contributed by atoms with Gasteiger partial charge in [0.05, 0.1) is 5.69 Å². The average molecular weight is 282 g/mol. The Morgan fingerprint density at radius 3 is 2.52 bits per heavy atom. The first-order valence-corrected chi connectivity index (χ1v) is 7.67. The first-order chi connectivity index (χ1) is 10.2. The molecule has 2 N–H and O–H groups in total. The zero-order chi connectivity index (χ0) is 14.7. The zero-order valence-corrected chi connectivity index (χ0v) is 12.7. The minimum atomic E-state index is 0.630. The molecular formula is C17H22N4. The number of nitrogens with zero attached hydrogens (tertiary/aromatic N) is 2. The molecule has 110 valence electrons.